The maximum absolute atomic E-state index is 13.2. The number of furan rings is 1. The highest BCUT2D eigenvalue weighted by Gasteiger charge is 2.16. The van der Waals surface area contributed by atoms with Gasteiger partial charge in [-0.05, 0) is 31.2 Å². The molecule has 1 aromatic carbocycles. The fraction of sp³-hybridized carbons (Fsp3) is 0.188. The Balaban J connectivity index is 1.61. The van der Waals surface area contributed by atoms with Crippen LogP contribution in [0.5, 0.6) is 0 Å². The number of nitrogens with one attached hydrogen (secondary N) is 1. The zero-order valence-electron chi connectivity index (χ0n) is 13.4. The third-order valence-corrected chi connectivity index (χ3v) is 5.19. The smallest absolute Gasteiger partial charge is 0.341 e. The summed E-state index contributed by atoms with van der Waals surface area (Å²) in [5.41, 5.74) is 1.03. The average Bonchev–Trinajstić information content (AvgIpc) is 3.18. The molecule has 2 aromatic heterocycles. The number of ether oxygens (including phenoxy) is 1. The Morgan fingerprint density at radius 2 is 2.24 bits per heavy atom. The molecule has 0 atom stereocenters. The maximum Gasteiger partial charge on any atom is 0.341 e. The van der Waals surface area contributed by atoms with Crippen molar-refractivity contribution < 1.29 is 18.3 Å². The summed E-state index contributed by atoms with van der Waals surface area (Å²) in [6.07, 6.45) is 0. The Bertz CT molecular complexity index is 894. The van der Waals surface area contributed by atoms with E-state index in [1.807, 2.05) is 0 Å². The van der Waals surface area contributed by atoms with Crippen LogP contribution < -0.4 is 5.32 Å². The van der Waals surface area contributed by atoms with E-state index in [1.54, 1.807) is 25.1 Å². The minimum atomic E-state index is -0.421. The normalized spacial score (nSPS) is 10.7. The predicted molar refractivity (Wildman–Crippen MR) is 93.9 cm³/mol. The van der Waals surface area contributed by atoms with Crippen LogP contribution >= 0.6 is 23.1 Å². The van der Waals surface area contributed by atoms with E-state index in [9.17, 15) is 9.18 Å². The van der Waals surface area contributed by atoms with E-state index in [0.29, 0.717) is 33.7 Å². The van der Waals surface area contributed by atoms with Gasteiger partial charge in [0.05, 0.1) is 12.9 Å². The van der Waals surface area contributed by atoms with Crippen LogP contribution in [-0.4, -0.2) is 23.3 Å². The number of esters is 1. The largest absolute Gasteiger partial charge is 0.465 e. The molecular weight excluding hydrogens is 365 g/mol. The third kappa shape index (κ3) is 4.37. The van der Waals surface area contributed by atoms with Crippen molar-refractivity contribution in [3.05, 3.63) is 53.2 Å². The number of hydrogen-bond donors (Lipinski definition) is 1. The fourth-order valence-electron chi connectivity index (χ4n) is 2.07. The lowest BCUT2D eigenvalue weighted by Crippen LogP contribution is -2.00. The molecule has 2 heterocycles. The van der Waals surface area contributed by atoms with E-state index >= 15 is 0 Å². The summed E-state index contributed by atoms with van der Waals surface area (Å²) in [4.78, 5) is 11.6. The summed E-state index contributed by atoms with van der Waals surface area (Å²) in [6.45, 7) is 1.71. The lowest BCUT2D eigenvalue weighted by molar-refractivity contribution is 0.0599. The van der Waals surface area contributed by atoms with Gasteiger partial charge < -0.3 is 14.5 Å². The first-order valence-corrected chi connectivity index (χ1v) is 9.02. The van der Waals surface area contributed by atoms with E-state index in [-0.39, 0.29) is 5.82 Å². The number of nitrogens with zero attached hydrogens (tertiary/aromatic N) is 2. The predicted octanol–water partition coefficient (Wildman–Crippen LogP) is 4.40. The van der Waals surface area contributed by atoms with Crippen LogP contribution in [0.25, 0.3) is 0 Å². The second-order valence-corrected chi connectivity index (χ2v) is 7.17. The number of carbonyl (C=O) groups excluding carboxylic acids is 1. The van der Waals surface area contributed by atoms with Crippen LogP contribution in [0.15, 0.2) is 39.1 Å². The molecule has 0 aliphatic rings. The van der Waals surface area contributed by atoms with Gasteiger partial charge in [-0.2, -0.15) is 0 Å². The van der Waals surface area contributed by atoms with Crippen LogP contribution in [0, 0.1) is 12.7 Å². The standard InChI is InChI=1S/C16H14FN3O3S2/c1-9-13(14(21)22-2)7-12(23-9)8-24-16-20-19-15(25-16)18-11-5-3-4-10(17)6-11/h3-7H,8H2,1-2H3,(H,18,19). The first-order valence-electron chi connectivity index (χ1n) is 7.21. The van der Waals surface area contributed by atoms with Gasteiger partial charge in [0.25, 0.3) is 0 Å². The van der Waals surface area contributed by atoms with Crippen molar-refractivity contribution in [2.24, 2.45) is 0 Å². The highest BCUT2D eigenvalue weighted by atomic mass is 32.2. The lowest BCUT2D eigenvalue weighted by atomic mass is 10.2. The van der Waals surface area contributed by atoms with Crippen molar-refractivity contribution >= 4 is 39.9 Å². The maximum atomic E-state index is 13.2. The molecular formula is C16H14FN3O3S2. The number of halogens is 1. The zero-order valence-corrected chi connectivity index (χ0v) is 15.0. The summed E-state index contributed by atoms with van der Waals surface area (Å²) in [5, 5.41) is 11.7. The highest BCUT2D eigenvalue weighted by molar-refractivity contribution is 8.00. The number of rotatable bonds is 6. The number of hydrogen-bond acceptors (Lipinski definition) is 8. The van der Waals surface area contributed by atoms with Crippen molar-refractivity contribution in [3.63, 3.8) is 0 Å². The number of aryl methyl sites for hydroxylation is 1. The average molecular weight is 379 g/mol. The molecule has 0 radical (unpaired) electrons. The van der Waals surface area contributed by atoms with Crippen molar-refractivity contribution in [2.75, 3.05) is 12.4 Å². The van der Waals surface area contributed by atoms with Gasteiger partial charge in [-0.3, -0.25) is 0 Å². The molecule has 0 bridgehead atoms. The number of anilines is 2. The molecule has 0 spiro atoms. The molecule has 0 aliphatic carbocycles. The van der Waals surface area contributed by atoms with Crippen LogP contribution in [0.3, 0.4) is 0 Å². The first kappa shape index (κ1) is 17.4. The Hall–Kier alpha value is -2.39. The monoisotopic (exact) mass is 379 g/mol. The van der Waals surface area contributed by atoms with Crippen LogP contribution in [0.1, 0.15) is 21.9 Å². The lowest BCUT2D eigenvalue weighted by Gasteiger charge is -2.00. The summed E-state index contributed by atoms with van der Waals surface area (Å²) in [7, 11) is 1.33. The summed E-state index contributed by atoms with van der Waals surface area (Å²) < 4.78 is 24.2. The van der Waals surface area contributed by atoms with Crippen molar-refractivity contribution in [3.8, 4) is 0 Å². The molecule has 0 aliphatic heterocycles. The number of carbonyl (C=O) groups is 1. The molecule has 0 unspecified atom stereocenters. The second-order valence-electron chi connectivity index (χ2n) is 4.97. The SMILES string of the molecule is COC(=O)c1cc(CSc2nnc(Nc3cccc(F)c3)s2)oc1C. The van der Waals surface area contributed by atoms with Gasteiger partial charge in [0.1, 0.15) is 22.9 Å². The Morgan fingerprint density at radius 3 is 3.00 bits per heavy atom. The summed E-state index contributed by atoms with van der Waals surface area (Å²) in [5.74, 6) is 0.937. The Morgan fingerprint density at radius 1 is 1.40 bits per heavy atom. The van der Waals surface area contributed by atoms with Gasteiger partial charge in [-0.15, -0.1) is 10.2 Å². The molecule has 3 aromatic rings. The van der Waals surface area contributed by atoms with Crippen molar-refractivity contribution in [2.45, 2.75) is 17.0 Å². The zero-order chi connectivity index (χ0) is 17.8. The molecule has 0 saturated heterocycles. The number of benzene rings is 1. The van der Waals surface area contributed by atoms with Gasteiger partial charge in [0, 0.05) is 5.69 Å². The summed E-state index contributed by atoms with van der Waals surface area (Å²) >= 11 is 2.78. The van der Waals surface area contributed by atoms with E-state index in [0.717, 1.165) is 4.34 Å². The minimum Gasteiger partial charge on any atom is -0.465 e. The molecule has 130 valence electrons. The van der Waals surface area contributed by atoms with Crippen LogP contribution in [0.4, 0.5) is 15.2 Å². The Kier molecular flexibility index (Phi) is 5.34. The van der Waals surface area contributed by atoms with Gasteiger partial charge in [-0.1, -0.05) is 29.2 Å². The van der Waals surface area contributed by atoms with Crippen molar-refractivity contribution in [1.29, 1.82) is 0 Å². The fourth-order valence-corrected chi connectivity index (χ4v) is 3.72. The third-order valence-electron chi connectivity index (χ3n) is 3.19. The molecule has 1 N–H and O–H groups in total. The van der Waals surface area contributed by atoms with Gasteiger partial charge in [0.15, 0.2) is 4.34 Å². The topological polar surface area (TPSA) is 77.2 Å². The summed E-state index contributed by atoms with van der Waals surface area (Å²) in [6, 6.07) is 7.79. The first-order chi connectivity index (χ1) is 12.0. The van der Waals surface area contributed by atoms with E-state index in [4.69, 9.17) is 9.15 Å². The number of thioether (sulfide) groups is 1. The highest BCUT2D eigenvalue weighted by Crippen LogP contribution is 2.31. The van der Waals surface area contributed by atoms with E-state index in [1.165, 1.54) is 42.3 Å². The second kappa shape index (κ2) is 7.66. The molecule has 3 rings (SSSR count). The number of methoxy groups -OCH3 is 1. The van der Waals surface area contributed by atoms with E-state index in [2.05, 4.69) is 15.5 Å². The molecule has 25 heavy (non-hydrogen) atoms. The molecule has 6 nitrogen and oxygen atoms in total. The quantitative estimate of drug-likeness (QED) is 0.502. The molecule has 0 saturated carbocycles. The van der Waals surface area contributed by atoms with Gasteiger partial charge in [0.2, 0.25) is 5.13 Å². The van der Waals surface area contributed by atoms with E-state index < -0.39 is 5.97 Å². The Labute approximate surface area is 151 Å². The van der Waals surface area contributed by atoms with Crippen LogP contribution in [0.2, 0.25) is 0 Å². The van der Waals surface area contributed by atoms with Crippen molar-refractivity contribution in [1.82, 2.24) is 10.2 Å². The van der Waals surface area contributed by atoms with Crippen LogP contribution in [-0.2, 0) is 10.5 Å². The minimum absolute atomic E-state index is 0.321. The number of aromatic nitrogens is 2. The van der Waals surface area contributed by atoms with Gasteiger partial charge >= 0.3 is 5.97 Å². The molecule has 9 heteroatoms. The molecule has 0 fully saturated rings. The molecule has 0 amide bonds. The van der Waals surface area contributed by atoms with Gasteiger partial charge in [-0.25, -0.2) is 9.18 Å².